The fourth-order valence-corrected chi connectivity index (χ4v) is 5.39. The quantitative estimate of drug-likeness (QED) is 0.311. The molecular weight excluding hydrogens is 496 g/mol. The van der Waals surface area contributed by atoms with E-state index in [1.807, 2.05) is 54.6 Å². The minimum absolute atomic E-state index is 0.184. The van der Waals surface area contributed by atoms with E-state index in [1.165, 1.54) is 7.11 Å². The Kier molecular flexibility index (Phi) is 6.55. The predicted octanol–water partition coefficient (Wildman–Crippen LogP) is 5.33. The van der Waals surface area contributed by atoms with Crippen LogP contribution in [0.5, 0.6) is 0 Å². The van der Waals surface area contributed by atoms with E-state index < -0.39 is 11.6 Å². The van der Waals surface area contributed by atoms with Gasteiger partial charge in [0.05, 0.1) is 24.3 Å². The normalized spacial score (nSPS) is 21.8. The number of hydrogen-bond acceptors (Lipinski definition) is 5. The summed E-state index contributed by atoms with van der Waals surface area (Å²) < 4.78 is 24.4. The minimum atomic E-state index is -0.810. The van der Waals surface area contributed by atoms with Gasteiger partial charge in [0, 0.05) is 6.42 Å². The van der Waals surface area contributed by atoms with Gasteiger partial charge in [-0.1, -0.05) is 91.0 Å². The van der Waals surface area contributed by atoms with Crippen molar-refractivity contribution in [1.82, 2.24) is 0 Å². The van der Waals surface area contributed by atoms with Crippen LogP contribution in [0.15, 0.2) is 101 Å². The highest BCUT2D eigenvalue weighted by Gasteiger charge is 2.48. The van der Waals surface area contributed by atoms with Gasteiger partial charge in [0.15, 0.2) is 0 Å². The Bertz CT molecular complexity index is 1070. The molecule has 0 aliphatic carbocycles. The van der Waals surface area contributed by atoms with Crippen molar-refractivity contribution >= 4 is 21.9 Å². The second kappa shape index (κ2) is 9.74. The van der Waals surface area contributed by atoms with E-state index in [2.05, 4.69) is 52.3 Å². The van der Waals surface area contributed by atoms with Crippen LogP contribution in [0.4, 0.5) is 0 Å². The van der Waals surface area contributed by atoms with Gasteiger partial charge < -0.3 is 18.9 Å². The summed E-state index contributed by atoms with van der Waals surface area (Å²) in [4.78, 5) is 11.9. The lowest BCUT2D eigenvalue weighted by atomic mass is 9.80. The van der Waals surface area contributed by atoms with Gasteiger partial charge in [0.1, 0.15) is 17.8 Å². The van der Waals surface area contributed by atoms with Crippen molar-refractivity contribution in [2.45, 2.75) is 30.3 Å². The Balaban J connectivity index is 1.47. The average molecular weight is 521 g/mol. The third-order valence-electron chi connectivity index (χ3n) is 6.31. The lowest BCUT2D eigenvalue weighted by Crippen LogP contribution is -2.36. The van der Waals surface area contributed by atoms with E-state index >= 15 is 0 Å². The molecule has 0 saturated carbocycles. The zero-order chi connectivity index (χ0) is 23.5. The summed E-state index contributed by atoms with van der Waals surface area (Å²) in [5.74, 6) is -0.321. The van der Waals surface area contributed by atoms with Gasteiger partial charge in [-0.15, -0.1) is 0 Å². The molecule has 0 spiro atoms. The summed E-state index contributed by atoms with van der Waals surface area (Å²) >= 11 is 3.47. The molecule has 3 aromatic carbocycles. The highest BCUT2D eigenvalue weighted by Crippen LogP contribution is 2.43. The Morgan fingerprint density at radius 3 is 1.85 bits per heavy atom. The molecule has 0 radical (unpaired) electrons. The third-order valence-corrected chi connectivity index (χ3v) is 7.12. The van der Waals surface area contributed by atoms with Crippen LogP contribution in [0.3, 0.4) is 0 Å². The molecule has 174 valence electrons. The largest absolute Gasteiger partial charge is 0.479 e. The maximum Gasteiger partial charge on any atom is 0.374 e. The first-order valence-electron chi connectivity index (χ1n) is 11.2. The molecule has 3 atom stereocenters. The van der Waals surface area contributed by atoms with E-state index in [-0.39, 0.29) is 24.1 Å². The van der Waals surface area contributed by atoms with Crippen LogP contribution in [0.25, 0.3) is 0 Å². The molecule has 2 heterocycles. The molecular formula is C28H25BrO5. The molecule has 1 fully saturated rings. The van der Waals surface area contributed by atoms with E-state index in [0.29, 0.717) is 17.5 Å². The van der Waals surface area contributed by atoms with Crippen LogP contribution >= 0.6 is 15.9 Å². The number of ether oxygens (including phenoxy) is 4. The lowest BCUT2D eigenvalue weighted by molar-refractivity contribution is -0.140. The molecule has 0 aromatic heterocycles. The summed E-state index contributed by atoms with van der Waals surface area (Å²) in [6.07, 6.45) is -0.189. The number of hydrogen-bond donors (Lipinski definition) is 0. The van der Waals surface area contributed by atoms with Gasteiger partial charge in [-0.3, -0.25) is 0 Å². The monoisotopic (exact) mass is 520 g/mol. The van der Waals surface area contributed by atoms with Gasteiger partial charge in [0.2, 0.25) is 5.76 Å². The van der Waals surface area contributed by atoms with Crippen molar-refractivity contribution in [2.75, 3.05) is 13.7 Å². The van der Waals surface area contributed by atoms with Crippen molar-refractivity contribution in [3.63, 3.8) is 0 Å². The number of benzene rings is 3. The Labute approximate surface area is 207 Å². The Hall–Kier alpha value is -2.93. The smallest absolute Gasteiger partial charge is 0.374 e. The zero-order valence-electron chi connectivity index (χ0n) is 18.7. The fraction of sp³-hybridized carbons (Fsp3) is 0.250. The number of esters is 1. The van der Waals surface area contributed by atoms with Crippen LogP contribution in [-0.2, 0) is 29.3 Å². The minimum Gasteiger partial charge on any atom is -0.479 e. The molecule has 2 aliphatic rings. The Morgan fingerprint density at radius 2 is 1.41 bits per heavy atom. The van der Waals surface area contributed by atoms with Crippen LogP contribution < -0.4 is 0 Å². The van der Waals surface area contributed by atoms with Gasteiger partial charge in [0.25, 0.3) is 0 Å². The van der Waals surface area contributed by atoms with E-state index in [0.717, 1.165) is 16.7 Å². The Morgan fingerprint density at radius 1 is 0.912 bits per heavy atom. The van der Waals surface area contributed by atoms with Gasteiger partial charge in [-0.05, 0) is 32.6 Å². The summed E-state index contributed by atoms with van der Waals surface area (Å²) in [6, 6.07) is 30.7. The molecule has 0 N–H and O–H groups in total. The molecule has 34 heavy (non-hydrogen) atoms. The second-order valence-electron chi connectivity index (χ2n) is 8.33. The molecule has 2 aliphatic heterocycles. The highest BCUT2D eigenvalue weighted by atomic mass is 79.9. The summed E-state index contributed by atoms with van der Waals surface area (Å²) in [5.41, 5.74) is 2.30. The summed E-state index contributed by atoms with van der Waals surface area (Å²) in [6.45, 7) is 0.350. The van der Waals surface area contributed by atoms with E-state index in [1.54, 1.807) is 0 Å². The highest BCUT2D eigenvalue weighted by molar-refractivity contribution is 9.11. The van der Waals surface area contributed by atoms with Crippen molar-refractivity contribution in [1.29, 1.82) is 0 Å². The second-order valence-corrected chi connectivity index (χ2v) is 9.18. The molecule has 0 unspecified atom stereocenters. The van der Waals surface area contributed by atoms with Crippen LogP contribution in [0.2, 0.25) is 0 Å². The standard InChI is InChI=1S/C28H25BrO5/c1-31-27(30)26-24(29)25-23(34-26)17-22(33-25)18-32-28(19-11-5-2-6-12-19,20-13-7-3-8-14-20)21-15-9-4-10-16-21/h2-16,22-23,25H,17-18H2,1H3/t22-,23+,25-/m0/s1. The molecule has 0 bridgehead atoms. The number of carbonyl (C=O) groups excluding carboxylic acids is 1. The number of halogens is 1. The molecule has 6 heteroatoms. The topological polar surface area (TPSA) is 54.0 Å². The SMILES string of the molecule is COC(=O)C1=C(Br)[C@H]2O[C@H](COC(c3ccccc3)(c3ccccc3)c3ccccc3)C[C@H]2O1. The predicted molar refractivity (Wildman–Crippen MR) is 131 cm³/mol. The van der Waals surface area contributed by atoms with Gasteiger partial charge in [-0.2, -0.15) is 0 Å². The van der Waals surface area contributed by atoms with E-state index in [4.69, 9.17) is 18.9 Å². The fourth-order valence-electron chi connectivity index (χ4n) is 4.74. The number of carbonyl (C=O) groups is 1. The number of methoxy groups -OCH3 is 1. The third kappa shape index (κ3) is 4.06. The molecule has 3 aromatic rings. The van der Waals surface area contributed by atoms with Crippen LogP contribution in [0, 0.1) is 0 Å². The molecule has 5 nitrogen and oxygen atoms in total. The number of rotatable bonds is 7. The first-order chi connectivity index (χ1) is 16.6. The maximum atomic E-state index is 11.9. The van der Waals surface area contributed by atoms with Crippen molar-refractivity contribution < 1.29 is 23.7 Å². The van der Waals surface area contributed by atoms with Crippen LogP contribution in [0.1, 0.15) is 23.1 Å². The average Bonchev–Trinajstić information content (AvgIpc) is 3.44. The summed E-state index contributed by atoms with van der Waals surface area (Å²) in [7, 11) is 1.33. The number of fused-ring (bicyclic) bond motifs is 1. The first kappa shape index (κ1) is 22.8. The molecule has 1 saturated heterocycles. The molecule has 0 amide bonds. The maximum absolute atomic E-state index is 11.9. The molecule has 5 rings (SSSR count). The zero-order valence-corrected chi connectivity index (χ0v) is 20.3. The van der Waals surface area contributed by atoms with Gasteiger partial charge >= 0.3 is 5.97 Å². The summed E-state index contributed by atoms with van der Waals surface area (Å²) in [5, 5.41) is 0. The first-order valence-corrected chi connectivity index (χ1v) is 12.0. The van der Waals surface area contributed by atoms with Crippen molar-refractivity contribution in [3.8, 4) is 0 Å². The van der Waals surface area contributed by atoms with Crippen molar-refractivity contribution in [2.24, 2.45) is 0 Å². The van der Waals surface area contributed by atoms with E-state index in [9.17, 15) is 4.79 Å². The van der Waals surface area contributed by atoms with Gasteiger partial charge in [-0.25, -0.2) is 4.79 Å². The van der Waals surface area contributed by atoms with Crippen LogP contribution in [-0.4, -0.2) is 38.0 Å². The lowest BCUT2D eigenvalue weighted by Gasteiger charge is -2.36. The van der Waals surface area contributed by atoms with Crippen molar-refractivity contribution in [3.05, 3.63) is 118 Å².